The zero-order valence-electron chi connectivity index (χ0n) is 14.7. The number of anilines is 2. The molecule has 2 aliphatic rings. The van der Waals surface area contributed by atoms with Gasteiger partial charge in [0.05, 0.1) is 19.3 Å². The minimum atomic E-state index is -0.179. The number of carbonyl (C=O) groups is 1. The largest absolute Gasteiger partial charge is 0.377 e. The number of rotatable bonds is 4. The summed E-state index contributed by atoms with van der Waals surface area (Å²) >= 11 is 0. The highest BCUT2D eigenvalue weighted by Gasteiger charge is 2.37. The summed E-state index contributed by atoms with van der Waals surface area (Å²) in [6.45, 7) is 3.58. The van der Waals surface area contributed by atoms with Gasteiger partial charge in [-0.2, -0.15) is 0 Å². The van der Waals surface area contributed by atoms with Crippen molar-refractivity contribution < 1.29 is 9.53 Å². The number of amides is 1. The second-order valence-electron chi connectivity index (χ2n) is 6.90. The number of hydrogen-bond acceptors (Lipinski definition) is 5. The molecule has 7 nitrogen and oxygen atoms in total. The molecule has 0 aromatic carbocycles. The van der Waals surface area contributed by atoms with E-state index in [0.717, 1.165) is 23.5 Å². The fourth-order valence-corrected chi connectivity index (χ4v) is 3.50. The molecule has 7 heteroatoms. The SMILES string of the molecule is CC(=O)Nc1cc(-c2cc(N3CCOCC3C3CC3)[nH]c(=O)c2)ccn1. The summed E-state index contributed by atoms with van der Waals surface area (Å²) in [5.41, 5.74) is 1.50. The number of hydrogen-bond donors (Lipinski definition) is 2. The van der Waals surface area contributed by atoms with Crippen LogP contribution < -0.4 is 15.8 Å². The standard InChI is InChI=1S/C19H22N4O3/c1-12(24)21-17-8-14(4-5-20-17)15-9-18(22-19(25)10-15)23-6-7-26-11-16(23)13-2-3-13/h4-5,8-10,13,16H,2-3,6-7,11H2,1H3,(H,22,25)(H,20,21,24). The van der Waals surface area contributed by atoms with Crippen LogP contribution in [0, 0.1) is 5.92 Å². The molecule has 2 fully saturated rings. The van der Waals surface area contributed by atoms with Gasteiger partial charge >= 0.3 is 0 Å². The molecule has 1 amide bonds. The predicted molar refractivity (Wildman–Crippen MR) is 99.3 cm³/mol. The number of nitrogens with one attached hydrogen (secondary N) is 2. The third kappa shape index (κ3) is 3.62. The number of morpholine rings is 1. The number of pyridine rings is 2. The van der Waals surface area contributed by atoms with Gasteiger partial charge in [0.2, 0.25) is 11.5 Å². The van der Waals surface area contributed by atoms with Crippen LogP contribution in [0.25, 0.3) is 11.1 Å². The second kappa shape index (κ2) is 6.92. The maximum Gasteiger partial charge on any atom is 0.250 e. The van der Waals surface area contributed by atoms with Crippen LogP contribution in [-0.4, -0.2) is 41.7 Å². The minimum Gasteiger partial charge on any atom is -0.377 e. The zero-order chi connectivity index (χ0) is 18.1. The number of H-pyrrole nitrogens is 1. The molecule has 2 aromatic heterocycles. The van der Waals surface area contributed by atoms with E-state index in [2.05, 4.69) is 20.2 Å². The third-order valence-corrected chi connectivity index (χ3v) is 4.87. The van der Waals surface area contributed by atoms with E-state index in [0.29, 0.717) is 31.0 Å². The van der Waals surface area contributed by atoms with Gasteiger partial charge in [-0.3, -0.25) is 9.59 Å². The Morgan fingerprint density at radius 1 is 1.31 bits per heavy atom. The fourth-order valence-electron chi connectivity index (χ4n) is 3.50. The van der Waals surface area contributed by atoms with E-state index in [1.807, 2.05) is 12.1 Å². The first kappa shape index (κ1) is 16.8. The van der Waals surface area contributed by atoms with E-state index in [9.17, 15) is 9.59 Å². The van der Waals surface area contributed by atoms with Gasteiger partial charge in [-0.05, 0) is 48.1 Å². The Morgan fingerprint density at radius 3 is 2.92 bits per heavy atom. The highest BCUT2D eigenvalue weighted by molar-refractivity contribution is 5.88. The van der Waals surface area contributed by atoms with Crippen molar-refractivity contribution in [2.75, 3.05) is 30.0 Å². The maximum atomic E-state index is 12.3. The summed E-state index contributed by atoms with van der Waals surface area (Å²) in [5.74, 6) is 1.77. The molecular weight excluding hydrogens is 332 g/mol. The Bertz CT molecular complexity index is 875. The van der Waals surface area contributed by atoms with Crippen molar-refractivity contribution in [3.05, 3.63) is 40.8 Å². The fraction of sp³-hybridized carbons (Fsp3) is 0.421. The van der Waals surface area contributed by atoms with E-state index in [4.69, 9.17) is 4.74 Å². The van der Waals surface area contributed by atoms with Crippen LogP contribution in [0.2, 0.25) is 0 Å². The molecule has 0 bridgehead atoms. The summed E-state index contributed by atoms with van der Waals surface area (Å²) in [6.07, 6.45) is 4.07. The Morgan fingerprint density at radius 2 is 2.15 bits per heavy atom. The van der Waals surface area contributed by atoms with Crippen LogP contribution in [0.5, 0.6) is 0 Å². The number of aromatic amines is 1. The molecule has 26 heavy (non-hydrogen) atoms. The van der Waals surface area contributed by atoms with E-state index >= 15 is 0 Å². The lowest BCUT2D eigenvalue weighted by Gasteiger charge is -2.37. The highest BCUT2D eigenvalue weighted by atomic mass is 16.5. The monoisotopic (exact) mass is 354 g/mol. The Hall–Kier alpha value is -2.67. The number of carbonyl (C=O) groups excluding carboxylic acids is 1. The summed E-state index contributed by atoms with van der Waals surface area (Å²) in [7, 11) is 0. The van der Waals surface area contributed by atoms with Gasteiger partial charge in [-0.25, -0.2) is 4.98 Å². The average Bonchev–Trinajstić information content (AvgIpc) is 3.46. The molecule has 3 heterocycles. The number of nitrogens with zero attached hydrogens (tertiary/aromatic N) is 2. The molecule has 1 aliphatic heterocycles. The van der Waals surface area contributed by atoms with Crippen LogP contribution in [0.4, 0.5) is 11.6 Å². The molecule has 4 rings (SSSR count). The Labute approximate surface area is 151 Å². The molecule has 136 valence electrons. The first-order valence-electron chi connectivity index (χ1n) is 8.93. The lowest BCUT2D eigenvalue weighted by molar-refractivity contribution is -0.114. The van der Waals surface area contributed by atoms with Crippen molar-refractivity contribution in [2.45, 2.75) is 25.8 Å². The topological polar surface area (TPSA) is 87.3 Å². The van der Waals surface area contributed by atoms with Crippen LogP contribution in [0.15, 0.2) is 35.3 Å². The van der Waals surface area contributed by atoms with E-state index < -0.39 is 0 Å². The van der Waals surface area contributed by atoms with Crippen LogP contribution in [0.1, 0.15) is 19.8 Å². The van der Waals surface area contributed by atoms with Gasteiger partial charge in [-0.1, -0.05) is 0 Å². The highest BCUT2D eigenvalue weighted by Crippen LogP contribution is 2.38. The molecular formula is C19H22N4O3. The third-order valence-electron chi connectivity index (χ3n) is 4.87. The molecule has 0 radical (unpaired) electrons. The van der Waals surface area contributed by atoms with Gasteiger partial charge in [0.1, 0.15) is 11.6 Å². The quantitative estimate of drug-likeness (QED) is 0.877. The molecule has 1 saturated heterocycles. The smallest absolute Gasteiger partial charge is 0.250 e. The van der Waals surface area contributed by atoms with E-state index in [1.54, 1.807) is 18.3 Å². The summed E-state index contributed by atoms with van der Waals surface area (Å²) in [6, 6.07) is 7.50. The van der Waals surface area contributed by atoms with E-state index in [-0.39, 0.29) is 11.5 Å². The lowest BCUT2D eigenvalue weighted by atomic mass is 10.1. The summed E-state index contributed by atoms with van der Waals surface area (Å²) < 4.78 is 5.65. The first-order valence-corrected chi connectivity index (χ1v) is 8.93. The Balaban J connectivity index is 1.68. The van der Waals surface area contributed by atoms with Crippen molar-refractivity contribution in [2.24, 2.45) is 5.92 Å². The molecule has 2 aromatic rings. The number of ether oxygens (including phenoxy) is 1. The summed E-state index contributed by atoms with van der Waals surface area (Å²) in [5, 5.41) is 2.67. The Kier molecular flexibility index (Phi) is 4.46. The van der Waals surface area contributed by atoms with Gasteiger partial charge in [0.15, 0.2) is 0 Å². The summed E-state index contributed by atoms with van der Waals surface area (Å²) in [4.78, 5) is 32.9. The molecule has 0 spiro atoms. The first-order chi connectivity index (χ1) is 12.6. The molecule has 2 N–H and O–H groups in total. The van der Waals surface area contributed by atoms with Gasteiger partial charge < -0.3 is 19.9 Å². The lowest BCUT2D eigenvalue weighted by Crippen LogP contribution is -2.47. The van der Waals surface area contributed by atoms with Crippen LogP contribution in [-0.2, 0) is 9.53 Å². The van der Waals surface area contributed by atoms with Gasteiger partial charge in [0.25, 0.3) is 0 Å². The van der Waals surface area contributed by atoms with Crippen molar-refractivity contribution >= 4 is 17.5 Å². The zero-order valence-corrected chi connectivity index (χ0v) is 14.7. The van der Waals surface area contributed by atoms with Crippen molar-refractivity contribution in [1.82, 2.24) is 9.97 Å². The molecule has 1 unspecified atom stereocenters. The van der Waals surface area contributed by atoms with Crippen molar-refractivity contribution in [3.8, 4) is 11.1 Å². The molecule has 1 saturated carbocycles. The average molecular weight is 354 g/mol. The normalized spacial score (nSPS) is 20.0. The van der Waals surface area contributed by atoms with Gasteiger partial charge in [-0.15, -0.1) is 0 Å². The minimum absolute atomic E-state index is 0.142. The van der Waals surface area contributed by atoms with Gasteiger partial charge in [0, 0.05) is 25.7 Å². The second-order valence-corrected chi connectivity index (χ2v) is 6.90. The van der Waals surface area contributed by atoms with Crippen LogP contribution in [0.3, 0.4) is 0 Å². The van der Waals surface area contributed by atoms with Crippen molar-refractivity contribution in [1.29, 1.82) is 0 Å². The van der Waals surface area contributed by atoms with Crippen LogP contribution >= 0.6 is 0 Å². The number of aromatic nitrogens is 2. The maximum absolute atomic E-state index is 12.3. The molecule has 1 aliphatic carbocycles. The predicted octanol–water partition coefficient (Wildman–Crippen LogP) is 2.01. The molecule has 1 atom stereocenters. The van der Waals surface area contributed by atoms with Crippen molar-refractivity contribution in [3.63, 3.8) is 0 Å². The van der Waals surface area contributed by atoms with E-state index in [1.165, 1.54) is 19.8 Å².